The highest BCUT2D eigenvalue weighted by atomic mass is 19.1. The molecule has 0 aliphatic carbocycles. The van der Waals surface area contributed by atoms with Crippen molar-refractivity contribution in [3.8, 4) is 0 Å². The second-order valence-electron chi connectivity index (χ2n) is 5.41. The van der Waals surface area contributed by atoms with Crippen LogP contribution in [0.1, 0.15) is 29.2 Å². The van der Waals surface area contributed by atoms with Crippen LogP contribution in [-0.4, -0.2) is 18.1 Å². The van der Waals surface area contributed by atoms with E-state index in [1.807, 2.05) is 0 Å². The molecule has 0 aliphatic rings. The van der Waals surface area contributed by atoms with Crippen LogP contribution < -0.4 is 5.32 Å². The van der Waals surface area contributed by atoms with Crippen molar-refractivity contribution < 1.29 is 23.4 Å². The molecular formula is C18H19F2NO3. The highest BCUT2D eigenvalue weighted by Crippen LogP contribution is 2.17. The Labute approximate surface area is 139 Å². The molecule has 2 N–H and O–H groups in total. The maximum absolute atomic E-state index is 13.5. The Morgan fingerprint density at radius 2 is 2.04 bits per heavy atom. The number of methoxy groups -OCH3 is 1. The fraction of sp³-hybridized carbons (Fsp3) is 0.278. The summed E-state index contributed by atoms with van der Waals surface area (Å²) in [5.41, 5.74) is 1.47. The maximum Gasteiger partial charge on any atom is 0.223 e. The van der Waals surface area contributed by atoms with Crippen molar-refractivity contribution in [3.05, 3.63) is 70.8 Å². The number of rotatable bonds is 7. The number of hydrogen-bond donors (Lipinski definition) is 2. The van der Waals surface area contributed by atoms with Crippen LogP contribution in [0.25, 0.3) is 0 Å². The van der Waals surface area contributed by atoms with E-state index in [0.717, 1.165) is 5.56 Å². The molecule has 4 nitrogen and oxygen atoms in total. The Hall–Kier alpha value is -2.31. The lowest BCUT2D eigenvalue weighted by atomic mass is 10.1. The van der Waals surface area contributed by atoms with Crippen LogP contribution in [0.2, 0.25) is 0 Å². The third-order valence-electron chi connectivity index (χ3n) is 3.51. The maximum atomic E-state index is 13.5. The van der Waals surface area contributed by atoms with Gasteiger partial charge < -0.3 is 15.2 Å². The van der Waals surface area contributed by atoms with E-state index in [1.165, 1.54) is 31.4 Å². The van der Waals surface area contributed by atoms with Crippen LogP contribution in [0, 0.1) is 11.6 Å². The zero-order chi connectivity index (χ0) is 17.5. The van der Waals surface area contributed by atoms with Crippen LogP contribution >= 0.6 is 0 Å². The van der Waals surface area contributed by atoms with E-state index in [9.17, 15) is 18.7 Å². The molecular weight excluding hydrogens is 316 g/mol. The molecule has 0 spiro atoms. The van der Waals surface area contributed by atoms with Gasteiger partial charge in [-0.1, -0.05) is 18.2 Å². The van der Waals surface area contributed by atoms with Gasteiger partial charge in [0, 0.05) is 19.2 Å². The minimum absolute atomic E-state index is 0.145. The molecule has 0 heterocycles. The Morgan fingerprint density at radius 3 is 2.75 bits per heavy atom. The van der Waals surface area contributed by atoms with Crippen molar-refractivity contribution in [1.82, 2.24) is 5.32 Å². The summed E-state index contributed by atoms with van der Waals surface area (Å²) in [4.78, 5) is 11.9. The lowest BCUT2D eigenvalue weighted by Gasteiger charge is -2.12. The number of carbonyl (C=O) groups is 1. The molecule has 0 radical (unpaired) electrons. The number of halogens is 2. The monoisotopic (exact) mass is 335 g/mol. The molecule has 0 saturated heterocycles. The fourth-order valence-electron chi connectivity index (χ4n) is 2.28. The minimum Gasteiger partial charge on any atom is -0.388 e. The molecule has 0 saturated carbocycles. The number of hydrogen-bond acceptors (Lipinski definition) is 3. The van der Waals surface area contributed by atoms with Crippen LogP contribution in [0.5, 0.6) is 0 Å². The Morgan fingerprint density at radius 1 is 1.25 bits per heavy atom. The smallest absolute Gasteiger partial charge is 0.223 e. The third-order valence-corrected chi connectivity index (χ3v) is 3.51. The molecule has 1 amide bonds. The van der Waals surface area contributed by atoms with Crippen molar-refractivity contribution in [3.63, 3.8) is 0 Å². The Balaban J connectivity index is 1.90. The third kappa shape index (κ3) is 5.11. The summed E-state index contributed by atoms with van der Waals surface area (Å²) >= 11 is 0. The molecule has 0 fully saturated rings. The molecule has 128 valence electrons. The van der Waals surface area contributed by atoms with Gasteiger partial charge in [0.2, 0.25) is 5.91 Å². The van der Waals surface area contributed by atoms with Gasteiger partial charge in [0.15, 0.2) is 0 Å². The van der Waals surface area contributed by atoms with Gasteiger partial charge in [0.25, 0.3) is 0 Å². The van der Waals surface area contributed by atoms with Crippen molar-refractivity contribution in [2.75, 3.05) is 7.11 Å². The lowest BCUT2D eigenvalue weighted by molar-refractivity contribution is -0.123. The van der Waals surface area contributed by atoms with Gasteiger partial charge in [0.05, 0.1) is 19.1 Å². The van der Waals surface area contributed by atoms with Crippen LogP contribution in [0.4, 0.5) is 8.78 Å². The van der Waals surface area contributed by atoms with Crippen LogP contribution in [0.15, 0.2) is 42.5 Å². The number of amides is 1. The zero-order valence-corrected chi connectivity index (χ0v) is 13.3. The number of nitrogens with one attached hydrogen (secondary N) is 1. The summed E-state index contributed by atoms with van der Waals surface area (Å²) in [6.07, 6.45) is -1.27. The Kier molecular flexibility index (Phi) is 6.40. The molecule has 2 aromatic rings. The molecule has 0 aromatic heterocycles. The zero-order valence-electron chi connectivity index (χ0n) is 13.3. The average molecular weight is 335 g/mol. The molecule has 6 heteroatoms. The molecule has 2 aromatic carbocycles. The first-order valence-corrected chi connectivity index (χ1v) is 7.46. The van der Waals surface area contributed by atoms with E-state index in [0.29, 0.717) is 11.1 Å². The van der Waals surface area contributed by atoms with Gasteiger partial charge in [0.1, 0.15) is 11.6 Å². The molecule has 24 heavy (non-hydrogen) atoms. The molecule has 2 rings (SSSR count). The first kappa shape index (κ1) is 18.0. The van der Waals surface area contributed by atoms with Gasteiger partial charge >= 0.3 is 0 Å². The summed E-state index contributed by atoms with van der Waals surface area (Å²) in [5, 5.41) is 12.6. The standard InChI is InChI=1S/C18H19F2NO3/c1-24-11-14-7-12(5-6-16(14)20)10-21-18(23)9-17(22)13-3-2-4-15(19)8-13/h2-8,17,22H,9-11H2,1H3,(H,21,23). The summed E-state index contributed by atoms with van der Waals surface area (Å²) in [7, 11) is 1.47. The van der Waals surface area contributed by atoms with Gasteiger partial charge in [-0.3, -0.25) is 4.79 Å². The Bertz CT molecular complexity index is 706. The van der Waals surface area contributed by atoms with Crippen molar-refractivity contribution in [2.24, 2.45) is 0 Å². The summed E-state index contributed by atoms with van der Waals surface area (Å²) in [6, 6.07) is 9.98. The normalized spacial score (nSPS) is 12.0. The number of aliphatic hydroxyl groups excluding tert-OH is 1. The van der Waals surface area contributed by atoms with Crippen molar-refractivity contribution in [2.45, 2.75) is 25.7 Å². The summed E-state index contributed by atoms with van der Waals surface area (Å²) in [6.45, 7) is 0.345. The number of ether oxygens (including phenoxy) is 1. The number of benzene rings is 2. The predicted molar refractivity (Wildman–Crippen MR) is 84.9 cm³/mol. The second kappa shape index (κ2) is 8.52. The first-order chi connectivity index (χ1) is 11.5. The topological polar surface area (TPSA) is 58.6 Å². The predicted octanol–water partition coefficient (Wildman–Crippen LogP) is 2.85. The fourth-order valence-corrected chi connectivity index (χ4v) is 2.28. The molecule has 0 bridgehead atoms. The molecule has 0 aliphatic heterocycles. The largest absolute Gasteiger partial charge is 0.388 e. The van der Waals surface area contributed by atoms with Crippen molar-refractivity contribution in [1.29, 1.82) is 0 Å². The number of aliphatic hydroxyl groups is 1. The van der Waals surface area contributed by atoms with Crippen molar-refractivity contribution >= 4 is 5.91 Å². The van der Waals surface area contributed by atoms with Crippen LogP contribution in [0.3, 0.4) is 0 Å². The van der Waals surface area contributed by atoms with Gasteiger partial charge in [-0.05, 0) is 35.4 Å². The van der Waals surface area contributed by atoms with Gasteiger partial charge in [-0.2, -0.15) is 0 Å². The number of carbonyl (C=O) groups excluding carboxylic acids is 1. The van der Waals surface area contributed by atoms with E-state index < -0.39 is 11.9 Å². The quantitative estimate of drug-likeness (QED) is 0.818. The van der Waals surface area contributed by atoms with E-state index in [-0.39, 0.29) is 31.3 Å². The van der Waals surface area contributed by atoms with E-state index >= 15 is 0 Å². The molecule has 1 unspecified atom stereocenters. The van der Waals surface area contributed by atoms with Gasteiger partial charge in [-0.25, -0.2) is 8.78 Å². The van der Waals surface area contributed by atoms with E-state index in [4.69, 9.17) is 4.74 Å². The first-order valence-electron chi connectivity index (χ1n) is 7.46. The van der Waals surface area contributed by atoms with Gasteiger partial charge in [-0.15, -0.1) is 0 Å². The summed E-state index contributed by atoms with van der Waals surface area (Å²) in [5.74, 6) is -1.22. The highest BCUT2D eigenvalue weighted by Gasteiger charge is 2.13. The molecule has 1 atom stereocenters. The summed E-state index contributed by atoms with van der Waals surface area (Å²) < 4.78 is 31.5. The highest BCUT2D eigenvalue weighted by molar-refractivity contribution is 5.76. The van der Waals surface area contributed by atoms with Crippen LogP contribution in [-0.2, 0) is 22.7 Å². The van der Waals surface area contributed by atoms with E-state index in [2.05, 4.69) is 5.32 Å². The average Bonchev–Trinajstić information content (AvgIpc) is 2.55. The minimum atomic E-state index is -1.09. The second-order valence-corrected chi connectivity index (χ2v) is 5.41. The van der Waals surface area contributed by atoms with E-state index in [1.54, 1.807) is 18.2 Å². The SMILES string of the molecule is COCc1cc(CNC(=O)CC(O)c2cccc(F)c2)ccc1F. The lowest BCUT2D eigenvalue weighted by Crippen LogP contribution is -2.24.